The van der Waals surface area contributed by atoms with Crippen LogP contribution in [-0.4, -0.2) is 5.11 Å². The summed E-state index contributed by atoms with van der Waals surface area (Å²) in [5, 5.41) is 10.6. The number of aliphatic hydroxyl groups is 1. The zero-order chi connectivity index (χ0) is 14.0. The molecular formula is C15H14Cl2O2. The molecule has 2 aromatic carbocycles. The van der Waals surface area contributed by atoms with Gasteiger partial charge in [0.2, 0.25) is 0 Å². The molecule has 0 saturated heterocycles. The summed E-state index contributed by atoms with van der Waals surface area (Å²) in [4.78, 5) is 0. The topological polar surface area (TPSA) is 29.5 Å². The van der Waals surface area contributed by atoms with E-state index in [0.29, 0.717) is 21.5 Å². The van der Waals surface area contributed by atoms with Crippen molar-refractivity contribution in [2.24, 2.45) is 0 Å². The Balaban J connectivity index is 2.25. The minimum Gasteiger partial charge on any atom is -0.456 e. The zero-order valence-corrected chi connectivity index (χ0v) is 12.2. The van der Waals surface area contributed by atoms with Gasteiger partial charge in [-0.05, 0) is 55.3 Å². The summed E-state index contributed by atoms with van der Waals surface area (Å²) >= 11 is 12.1. The van der Waals surface area contributed by atoms with E-state index in [4.69, 9.17) is 27.9 Å². The maximum atomic E-state index is 9.48. The van der Waals surface area contributed by atoms with Gasteiger partial charge in [-0.2, -0.15) is 0 Å². The van der Waals surface area contributed by atoms with Crippen molar-refractivity contribution in [2.75, 3.05) is 0 Å². The van der Waals surface area contributed by atoms with Crippen LogP contribution < -0.4 is 4.74 Å². The van der Waals surface area contributed by atoms with Gasteiger partial charge in [0.1, 0.15) is 11.5 Å². The van der Waals surface area contributed by atoms with E-state index >= 15 is 0 Å². The van der Waals surface area contributed by atoms with E-state index in [9.17, 15) is 5.11 Å². The second kappa shape index (κ2) is 5.83. The first-order valence-electron chi connectivity index (χ1n) is 5.89. The van der Waals surface area contributed by atoms with Gasteiger partial charge in [-0.3, -0.25) is 0 Å². The molecule has 0 bridgehead atoms. The van der Waals surface area contributed by atoms with Crippen LogP contribution in [0.2, 0.25) is 10.0 Å². The van der Waals surface area contributed by atoms with E-state index < -0.39 is 6.10 Å². The molecule has 0 aliphatic heterocycles. The molecule has 0 saturated carbocycles. The molecule has 4 heteroatoms. The van der Waals surface area contributed by atoms with Crippen LogP contribution in [0.4, 0.5) is 0 Å². The number of rotatable bonds is 3. The fourth-order valence-electron chi connectivity index (χ4n) is 1.67. The highest BCUT2D eigenvalue weighted by molar-refractivity contribution is 6.32. The number of hydrogen-bond acceptors (Lipinski definition) is 2. The monoisotopic (exact) mass is 296 g/mol. The average Bonchev–Trinajstić information content (AvgIpc) is 2.36. The fourth-order valence-corrected chi connectivity index (χ4v) is 2.01. The van der Waals surface area contributed by atoms with Gasteiger partial charge in [0, 0.05) is 5.02 Å². The van der Waals surface area contributed by atoms with Crippen LogP contribution in [0.3, 0.4) is 0 Å². The van der Waals surface area contributed by atoms with Gasteiger partial charge in [0.05, 0.1) is 11.1 Å². The average molecular weight is 297 g/mol. The van der Waals surface area contributed by atoms with Gasteiger partial charge >= 0.3 is 0 Å². The van der Waals surface area contributed by atoms with Crippen molar-refractivity contribution in [1.82, 2.24) is 0 Å². The number of benzene rings is 2. The van der Waals surface area contributed by atoms with E-state index in [-0.39, 0.29) is 0 Å². The van der Waals surface area contributed by atoms with Crippen LogP contribution in [0, 0.1) is 6.92 Å². The van der Waals surface area contributed by atoms with E-state index in [2.05, 4.69) is 0 Å². The first-order chi connectivity index (χ1) is 8.97. The Labute approximate surface area is 122 Å². The molecule has 19 heavy (non-hydrogen) atoms. The lowest BCUT2D eigenvalue weighted by atomic mass is 10.1. The van der Waals surface area contributed by atoms with Gasteiger partial charge in [0.25, 0.3) is 0 Å². The molecule has 2 rings (SSSR count). The van der Waals surface area contributed by atoms with Crippen LogP contribution in [0.15, 0.2) is 36.4 Å². The molecule has 0 heterocycles. The molecule has 2 aromatic rings. The van der Waals surface area contributed by atoms with Crippen molar-refractivity contribution in [3.05, 3.63) is 57.6 Å². The Hall–Kier alpha value is -1.22. The predicted octanol–water partition coefficient (Wildman–Crippen LogP) is 5.15. The minimum atomic E-state index is -0.552. The summed E-state index contributed by atoms with van der Waals surface area (Å²) in [6.45, 7) is 3.60. The second-order valence-electron chi connectivity index (χ2n) is 4.38. The first-order valence-corrected chi connectivity index (χ1v) is 6.64. The zero-order valence-electron chi connectivity index (χ0n) is 10.7. The molecule has 2 nitrogen and oxygen atoms in total. The highest BCUT2D eigenvalue weighted by Gasteiger charge is 2.08. The summed E-state index contributed by atoms with van der Waals surface area (Å²) in [6.07, 6.45) is -0.552. The molecule has 0 aromatic heterocycles. The molecule has 0 amide bonds. The predicted molar refractivity (Wildman–Crippen MR) is 78.3 cm³/mol. The largest absolute Gasteiger partial charge is 0.456 e. The molecule has 0 aliphatic rings. The lowest BCUT2D eigenvalue weighted by Gasteiger charge is -2.11. The molecule has 0 spiro atoms. The van der Waals surface area contributed by atoms with Crippen LogP contribution in [0.5, 0.6) is 11.5 Å². The molecule has 1 N–H and O–H groups in total. The lowest BCUT2D eigenvalue weighted by Crippen LogP contribution is -1.92. The summed E-state index contributed by atoms with van der Waals surface area (Å²) in [6, 6.07) is 10.6. The van der Waals surface area contributed by atoms with Gasteiger partial charge < -0.3 is 9.84 Å². The highest BCUT2D eigenvalue weighted by atomic mass is 35.5. The van der Waals surface area contributed by atoms with E-state index in [1.807, 2.05) is 13.0 Å². The van der Waals surface area contributed by atoms with Crippen LogP contribution in [-0.2, 0) is 0 Å². The fraction of sp³-hybridized carbons (Fsp3) is 0.200. The normalized spacial score (nSPS) is 12.3. The van der Waals surface area contributed by atoms with Crippen LogP contribution >= 0.6 is 23.2 Å². The molecule has 0 unspecified atom stereocenters. The summed E-state index contributed by atoms with van der Waals surface area (Å²) < 4.78 is 5.71. The Morgan fingerprint density at radius 3 is 2.37 bits per heavy atom. The number of aliphatic hydroxyl groups excluding tert-OH is 1. The second-order valence-corrected chi connectivity index (χ2v) is 5.19. The molecule has 0 aliphatic carbocycles. The molecule has 1 atom stereocenters. The Morgan fingerprint density at radius 1 is 1.05 bits per heavy atom. The van der Waals surface area contributed by atoms with E-state index in [1.54, 1.807) is 37.3 Å². The van der Waals surface area contributed by atoms with Crippen molar-refractivity contribution in [3.8, 4) is 11.5 Å². The molecule has 0 fully saturated rings. The van der Waals surface area contributed by atoms with Crippen LogP contribution in [0.1, 0.15) is 24.2 Å². The molecule has 0 radical (unpaired) electrons. The summed E-state index contributed by atoms with van der Waals surface area (Å²) in [5.41, 5.74) is 1.69. The maximum absolute atomic E-state index is 9.48. The van der Waals surface area contributed by atoms with Crippen molar-refractivity contribution >= 4 is 23.2 Å². The lowest BCUT2D eigenvalue weighted by molar-refractivity contribution is 0.199. The number of halogens is 2. The van der Waals surface area contributed by atoms with Crippen molar-refractivity contribution < 1.29 is 9.84 Å². The Kier molecular flexibility index (Phi) is 4.35. The quantitative estimate of drug-likeness (QED) is 0.849. The third-order valence-electron chi connectivity index (χ3n) is 2.80. The third-order valence-corrected chi connectivity index (χ3v) is 3.52. The van der Waals surface area contributed by atoms with Crippen molar-refractivity contribution in [2.45, 2.75) is 20.0 Å². The maximum Gasteiger partial charge on any atom is 0.146 e. The van der Waals surface area contributed by atoms with Crippen LogP contribution in [0.25, 0.3) is 0 Å². The smallest absolute Gasteiger partial charge is 0.146 e. The number of hydrogen-bond donors (Lipinski definition) is 1. The van der Waals surface area contributed by atoms with Crippen molar-refractivity contribution in [3.63, 3.8) is 0 Å². The van der Waals surface area contributed by atoms with E-state index in [1.165, 1.54) is 0 Å². The van der Waals surface area contributed by atoms with Gasteiger partial charge in [0.15, 0.2) is 0 Å². The van der Waals surface area contributed by atoms with Gasteiger partial charge in [-0.15, -0.1) is 0 Å². The molecular weight excluding hydrogens is 283 g/mol. The Morgan fingerprint density at radius 2 is 1.79 bits per heavy atom. The van der Waals surface area contributed by atoms with E-state index in [0.717, 1.165) is 11.1 Å². The molecule has 100 valence electrons. The Bertz CT molecular complexity index is 595. The van der Waals surface area contributed by atoms with Crippen molar-refractivity contribution in [1.29, 1.82) is 0 Å². The third kappa shape index (κ3) is 3.41. The number of aryl methyl sites for hydroxylation is 1. The minimum absolute atomic E-state index is 0.464. The SMILES string of the molecule is Cc1cc(Oc2ccc([C@@H](C)O)cc2Cl)ccc1Cl. The summed E-state index contributed by atoms with van der Waals surface area (Å²) in [5.74, 6) is 1.22. The van der Waals surface area contributed by atoms with Gasteiger partial charge in [-0.25, -0.2) is 0 Å². The number of ether oxygens (including phenoxy) is 1. The first kappa shape index (κ1) is 14.2. The summed E-state index contributed by atoms with van der Waals surface area (Å²) in [7, 11) is 0. The highest BCUT2D eigenvalue weighted by Crippen LogP contribution is 2.32. The standard InChI is InChI=1S/C15H14Cl2O2/c1-9-7-12(4-5-13(9)16)19-15-6-3-11(10(2)18)8-14(15)17/h3-8,10,18H,1-2H3/t10-/m1/s1. The van der Waals surface area contributed by atoms with Gasteiger partial charge in [-0.1, -0.05) is 29.3 Å².